The van der Waals surface area contributed by atoms with E-state index < -0.39 is 0 Å². The topological polar surface area (TPSA) is 182 Å². The average Bonchev–Trinajstić information content (AvgIpc) is 4.16. The largest absolute Gasteiger partial charge is 0.376 e. The molecule has 0 amide bonds. The molecular formula is C48H47N17. The van der Waals surface area contributed by atoms with Crippen LogP contribution in [0, 0.1) is 0 Å². The number of hydrogen-bond donors (Lipinski definition) is 4. The van der Waals surface area contributed by atoms with E-state index >= 15 is 0 Å². The van der Waals surface area contributed by atoms with Gasteiger partial charge in [-0.1, -0.05) is 0 Å². The summed E-state index contributed by atoms with van der Waals surface area (Å²) >= 11 is 0. The van der Waals surface area contributed by atoms with E-state index in [1.54, 1.807) is 6.20 Å². The van der Waals surface area contributed by atoms with Crippen LogP contribution < -0.4 is 14.7 Å². The minimum absolute atomic E-state index is 0.0934. The van der Waals surface area contributed by atoms with Crippen molar-refractivity contribution in [1.29, 1.82) is 0 Å². The highest BCUT2D eigenvalue weighted by atomic mass is 15.3. The number of H-pyrrole nitrogens is 4. The van der Waals surface area contributed by atoms with E-state index in [1.165, 1.54) is 0 Å². The summed E-state index contributed by atoms with van der Waals surface area (Å²) in [6.07, 6.45) is 13.0. The molecule has 12 rings (SSSR count). The van der Waals surface area contributed by atoms with Crippen molar-refractivity contribution < 1.29 is 0 Å². The van der Waals surface area contributed by atoms with E-state index in [9.17, 15) is 0 Å². The molecule has 4 N–H and O–H groups in total. The van der Waals surface area contributed by atoms with E-state index in [0.717, 1.165) is 151 Å². The lowest BCUT2D eigenvalue weighted by molar-refractivity contribution is 0.218. The van der Waals surface area contributed by atoms with Crippen molar-refractivity contribution in [2.75, 3.05) is 88.7 Å². The van der Waals surface area contributed by atoms with Crippen LogP contribution in [-0.4, -0.2) is 144 Å². The van der Waals surface area contributed by atoms with Crippen LogP contribution in [0.5, 0.6) is 0 Å². The minimum atomic E-state index is -0.0934. The van der Waals surface area contributed by atoms with Crippen molar-refractivity contribution in [1.82, 2.24) is 70.1 Å². The second-order valence-electron chi connectivity index (χ2n) is 17.4. The summed E-state index contributed by atoms with van der Waals surface area (Å²) < 4.78 is 0. The minimum Gasteiger partial charge on any atom is -0.376 e. The Hall–Kier alpha value is -7.76. The fraction of sp³-hybridized carbons (Fsp3) is 0.250. The first-order valence-electron chi connectivity index (χ1n) is 21.9. The second kappa shape index (κ2) is 15.5. The van der Waals surface area contributed by atoms with Crippen molar-refractivity contribution >= 4 is 60.9 Å². The van der Waals surface area contributed by atoms with Gasteiger partial charge in [0.15, 0.2) is 0 Å². The number of aromatic nitrogens is 12. The summed E-state index contributed by atoms with van der Waals surface area (Å²) in [5, 5.41) is 20.5. The van der Waals surface area contributed by atoms with Crippen molar-refractivity contribution in [3.8, 4) is 45.3 Å². The van der Waals surface area contributed by atoms with Crippen LogP contribution in [-0.2, 0) is 0 Å². The molecule has 0 radical (unpaired) electrons. The maximum absolute atomic E-state index is 5.42. The molecule has 17 heteroatoms. The number of hydrogen-bond acceptors (Lipinski definition) is 13. The van der Waals surface area contributed by atoms with E-state index in [-0.39, 0.29) is 6.04 Å². The Bertz CT molecular complexity index is 3370. The third-order valence-electron chi connectivity index (χ3n) is 13.2. The van der Waals surface area contributed by atoms with E-state index in [0.29, 0.717) is 6.54 Å². The van der Waals surface area contributed by atoms with E-state index in [4.69, 9.17) is 30.1 Å². The van der Waals surface area contributed by atoms with Gasteiger partial charge in [0.2, 0.25) is 0 Å². The van der Waals surface area contributed by atoms with Crippen molar-refractivity contribution in [3.63, 3.8) is 0 Å². The molecule has 0 aliphatic carbocycles. The number of nitrogens with one attached hydrogen (secondary N) is 4. The molecule has 65 heavy (non-hydrogen) atoms. The van der Waals surface area contributed by atoms with Gasteiger partial charge in [-0.05, 0) is 68.7 Å². The molecule has 2 fully saturated rings. The molecule has 324 valence electrons. The number of anilines is 3. The summed E-state index contributed by atoms with van der Waals surface area (Å²) in [6, 6.07) is 18.7. The molecule has 0 aromatic carbocycles. The maximum atomic E-state index is 5.42. The summed E-state index contributed by atoms with van der Waals surface area (Å²) in [6.45, 7) is 6.13. The first-order valence-corrected chi connectivity index (χ1v) is 21.9. The molecule has 1 atom stereocenters. The molecule has 0 spiro atoms. The number of pyridine rings is 6. The third kappa shape index (κ3) is 6.78. The monoisotopic (exact) mass is 861 g/mol. The molecule has 0 bridgehead atoms. The summed E-state index contributed by atoms with van der Waals surface area (Å²) in [5.41, 5.74) is 12.7. The Labute approximate surface area is 373 Å². The fourth-order valence-electron chi connectivity index (χ4n) is 9.46. The maximum Gasteiger partial charge on any atom is 0.138 e. The Morgan fingerprint density at radius 3 is 2.03 bits per heavy atom. The van der Waals surface area contributed by atoms with Crippen LogP contribution in [0.1, 0.15) is 11.7 Å². The van der Waals surface area contributed by atoms with Crippen molar-refractivity contribution in [2.45, 2.75) is 6.04 Å². The fourth-order valence-corrected chi connectivity index (χ4v) is 9.46. The molecule has 2 saturated heterocycles. The standard InChI is InChI=1S/C48H47N17/c1-61(2)30-18-29(24-50-25-30)37-19-31-41(26-53-37)57-58-43(31)39-21-33-36(54-39)8-11-52-48(33)65-17-14-63(4)42(27-65)46-45-34(22-38(56-46)28-6-5-9-49-23-28)44(59-60-45)40-20-32-35(55-40)7-10-51-47(32)64-15-12-62(3)13-16-64/h5-11,18-26,42,54-55H,12-17,27H2,1-4H3,(H,57,58)(H,59,60). The van der Waals surface area contributed by atoms with E-state index in [1.807, 2.05) is 74.4 Å². The molecule has 10 aromatic rings. The van der Waals surface area contributed by atoms with Gasteiger partial charge in [0, 0.05) is 124 Å². The summed E-state index contributed by atoms with van der Waals surface area (Å²) in [5.74, 6) is 1.91. The Kier molecular flexibility index (Phi) is 9.27. The zero-order valence-electron chi connectivity index (χ0n) is 36.6. The van der Waals surface area contributed by atoms with Crippen molar-refractivity contribution in [3.05, 3.63) is 104 Å². The average molecular weight is 862 g/mol. The van der Waals surface area contributed by atoms with Gasteiger partial charge >= 0.3 is 0 Å². The molecule has 17 nitrogen and oxygen atoms in total. The summed E-state index contributed by atoms with van der Waals surface area (Å²) in [7, 11) is 8.36. The highest BCUT2D eigenvalue weighted by Crippen LogP contribution is 2.40. The SMILES string of the molecule is CN1CCN(c2nccc3[nH]c(-c4n[nH]c5c(C6CN(c7nccc8[nH]c(-c9n[nH]c%10cnc(-c%11cncc(N(C)C)c%11)cc9%10)cc78)CCN6C)nc(-c6cccnc6)cc45)cc23)CC1. The number of rotatable bonds is 8. The normalized spacial score (nSPS) is 16.5. The lowest BCUT2D eigenvalue weighted by Gasteiger charge is -2.40. The number of piperazine rings is 2. The Balaban J connectivity index is 0.910. The highest BCUT2D eigenvalue weighted by Gasteiger charge is 2.32. The molecule has 10 aromatic heterocycles. The lowest BCUT2D eigenvalue weighted by Crippen LogP contribution is -2.47. The van der Waals surface area contributed by atoms with Gasteiger partial charge in [-0.15, -0.1) is 0 Å². The first-order chi connectivity index (χ1) is 31.8. The molecular weight excluding hydrogens is 815 g/mol. The van der Waals surface area contributed by atoms with Gasteiger partial charge in [0.05, 0.1) is 74.7 Å². The van der Waals surface area contributed by atoms with Gasteiger partial charge in [-0.2, -0.15) is 10.2 Å². The van der Waals surface area contributed by atoms with Crippen LogP contribution in [0.4, 0.5) is 17.3 Å². The van der Waals surface area contributed by atoms with Crippen LogP contribution in [0.25, 0.3) is 88.9 Å². The third-order valence-corrected chi connectivity index (χ3v) is 13.2. The molecule has 0 saturated carbocycles. The quantitative estimate of drug-likeness (QED) is 0.126. The zero-order valence-corrected chi connectivity index (χ0v) is 36.6. The first kappa shape index (κ1) is 38.9. The van der Waals surface area contributed by atoms with Gasteiger partial charge in [0.25, 0.3) is 0 Å². The van der Waals surface area contributed by atoms with Crippen LogP contribution in [0.15, 0.2) is 98.0 Å². The van der Waals surface area contributed by atoms with Gasteiger partial charge in [-0.25, -0.2) is 15.0 Å². The second-order valence-corrected chi connectivity index (χ2v) is 17.4. The number of fused-ring (bicyclic) bond motifs is 4. The van der Waals surface area contributed by atoms with Gasteiger partial charge in [0.1, 0.15) is 23.0 Å². The van der Waals surface area contributed by atoms with Crippen molar-refractivity contribution in [2.24, 2.45) is 0 Å². The number of likely N-dealkylation sites (N-methyl/N-ethyl adjacent to an activating group) is 2. The van der Waals surface area contributed by atoms with Crippen LogP contribution >= 0.6 is 0 Å². The van der Waals surface area contributed by atoms with Crippen LogP contribution in [0.2, 0.25) is 0 Å². The number of nitrogens with zero attached hydrogens (tertiary/aromatic N) is 13. The van der Waals surface area contributed by atoms with E-state index in [2.05, 4.69) is 100 Å². The lowest BCUT2D eigenvalue weighted by atomic mass is 10.0. The molecule has 2 aliphatic rings. The zero-order chi connectivity index (χ0) is 43.8. The van der Waals surface area contributed by atoms with Gasteiger partial charge in [-0.3, -0.25) is 30.0 Å². The molecule has 12 heterocycles. The number of aromatic amines is 4. The Morgan fingerprint density at radius 2 is 1.29 bits per heavy atom. The predicted octanol–water partition coefficient (Wildman–Crippen LogP) is 6.75. The summed E-state index contributed by atoms with van der Waals surface area (Å²) in [4.78, 5) is 47.9. The molecule has 1 unspecified atom stereocenters. The highest BCUT2D eigenvalue weighted by molar-refractivity contribution is 6.02. The Morgan fingerprint density at radius 1 is 0.600 bits per heavy atom. The smallest absolute Gasteiger partial charge is 0.138 e. The van der Waals surface area contributed by atoms with Gasteiger partial charge < -0.3 is 29.6 Å². The van der Waals surface area contributed by atoms with Crippen LogP contribution in [0.3, 0.4) is 0 Å². The predicted molar refractivity (Wildman–Crippen MR) is 256 cm³/mol. The molecule has 2 aliphatic heterocycles.